The Morgan fingerprint density at radius 3 is 3.12 bits per heavy atom. The van der Waals surface area contributed by atoms with Crippen molar-refractivity contribution in [1.29, 1.82) is 0 Å². The molecule has 1 aliphatic rings. The van der Waals surface area contributed by atoms with E-state index in [1.807, 2.05) is 19.4 Å². The first-order valence-corrected chi connectivity index (χ1v) is 8.47. The lowest BCUT2D eigenvalue weighted by Gasteiger charge is -2.22. The molecular formula is C18H20N4O3. The third kappa shape index (κ3) is 3.22. The van der Waals surface area contributed by atoms with Crippen LogP contribution in [-0.4, -0.2) is 26.5 Å². The van der Waals surface area contributed by atoms with Crippen molar-refractivity contribution in [2.45, 2.75) is 44.7 Å². The monoisotopic (exact) mass is 340 g/mol. The zero-order valence-electron chi connectivity index (χ0n) is 14.0. The van der Waals surface area contributed by atoms with E-state index in [1.165, 1.54) is 0 Å². The Bertz CT molecular complexity index is 836. The Morgan fingerprint density at radius 1 is 1.44 bits per heavy atom. The third-order valence-corrected chi connectivity index (χ3v) is 4.69. The molecule has 1 aliphatic carbocycles. The second-order valence-corrected chi connectivity index (χ2v) is 6.36. The number of oxazole rings is 1. The van der Waals surface area contributed by atoms with Crippen LogP contribution in [0.2, 0.25) is 0 Å². The van der Waals surface area contributed by atoms with Crippen molar-refractivity contribution < 1.29 is 13.6 Å². The molecule has 2 atom stereocenters. The molecule has 1 saturated carbocycles. The van der Waals surface area contributed by atoms with Crippen molar-refractivity contribution in [2.75, 3.05) is 0 Å². The first-order valence-electron chi connectivity index (χ1n) is 8.47. The Kier molecular flexibility index (Phi) is 4.13. The zero-order valence-corrected chi connectivity index (χ0v) is 14.0. The van der Waals surface area contributed by atoms with Crippen molar-refractivity contribution in [3.8, 4) is 11.7 Å². The number of amides is 1. The van der Waals surface area contributed by atoms with Gasteiger partial charge in [-0.3, -0.25) is 4.79 Å². The van der Waals surface area contributed by atoms with Gasteiger partial charge in [-0.25, -0.2) is 9.97 Å². The molecule has 1 fully saturated rings. The lowest BCUT2D eigenvalue weighted by atomic mass is 10.1. The number of imidazole rings is 1. The molecule has 0 aliphatic heterocycles. The molecule has 25 heavy (non-hydrogen) atoms. The summed E-state index contributed by atoms with van der Waals surface area (Å²) >= 11 is 0. The molecule has 3 aromatic rings. The minimum absolute atomic E-state index is 0.0422. The summed E-state index contributed by atoms with van der Waals surface area (Å²) < 4.78 is 13.0. The van der Waals surface area contributed by atoms with Gasteiger partial charge in [0, 0.05) is 18.4 Å². The molecule has 0 aromatic carbocycles. The van der Waals surface area contributed by atoms with Crippen LogP contribution in [0.3, 0.4) is 0 Å². The summed E-state index contributed by atoms with van der Waals surface area (Å²) in [6.07, 6.45) is 10.4. The van der Waals surface area contributed by atoms with Gasteiger partial charge in [0.1, 0.15) is 5.76 Å². The Balaban J connectivity index is 1.42. The van der Waals surface area contributed by atoms with E-state index in [1.54, 1.807) is 24.6 Å². The molecule has 3 aromatic heterocycles. The van der Waals surface area contributed by atoms with E-state index in [0.29, 0.717) is 23.1 Å². The average Bonchev–Trinajstić information content (AvgIpc) is 3.35. The van der Waals surface area contributed by atoms with E-state index in [9.17, 15) is 4.79 Å². The first-order chi connectivity index (χ1) is 12.2. The lowest BCUT2D eigenvalue weighted by molar-refractivity contribution is -0.121. The topological polar surface area (TPSA) is 86.1 Å². The van der Waals surface area contributed by atoms with E-state index in [4.69, 9.17) is 8.83 Å². The van der Waals surface area contributed by atoms with Crippen LogP contribution >= 0.6 is 0 Å². The number of carbonyl (C=O) groups excluding carboxylic acids is 1. The molecule has 1 amide bonds. The highest BCUT2D eigenvalue weighted by molar-refractivity contribution is 5.78. The maximum Gasteiger partial charge on any atom is 0.263 e. The molecule has 1 N–H and O–H groups in total. The molecule has 3 heterocycles. The summed E-state index contributed by atoms with van der Waals surface area (Å²) in [7, 11) is 0. The number of hydrogen-bond donors (Lipinski definition) is 1. The number of furan rings is 1. The molecule has 0 spiro atoms. The van der Waals surface area contributed by atoms with Crippen LogP contribution in [0.5, 0.6) is 0 Å². The molecule has 7 heteroatoms. The second-order valence-electron chi connectivity index (χ2n) is 6.36. The highest BCUT2D eigenvalue weighted by atomic mass is 16.4. The molecular weight excluding hydrogens is 320 g/mol. The van der Waals surface area contributed by atoms with Crippen molar-refractivity contribution in [3.63, 3.8) is 0 Å². The number of hydrogen-bond acceptors (Lipinski definition) is 5. The fraction of sp³-hybridized carbons (Fsp3) is 0.389. The van der Waals surface area contributed by atoms with E-state index in [2.05, 4.69) is 19.9 Å². The third-order valence-electron chi connectivity index (χ3n) is 4.69. The number of carbonyl (C=O) groups is 1. The molecule has 4 rings (SSSR count). The minimum atomic E-state index is -0.0422. The largest absolute Gasteiger partial charge is 0.459 e. The zero-order chi connectivity index (χ0) is 17.2. The average molecular weight is 340 g/mol. The van der Waals surface area contributed by atoms with Crippen LogP contribution < -0.4 is 5.32 Å². The molecule has 7 nitrogen and oxygen atoms in total. The summed E-state index contributed by atoms with van der Waals surface area (Å²) in [6.45, 7) is 1.81. The standard InChI is InChI=1S/C18H20N4O3/c1-12-14(21-18(25-12)16-6-3-9-24-16)10-17(23)20-13-4-2-5-15(13)22-8-7-19-11-22/h3,6-9,11,13,15H,2,4-5,10H2,1H3,(H,20,23)/t13-,15-/m1/s1. The van der Waals surface area contributed by atoms with E-state index >= 15 is 0 Å². The van der Waals surface area contributed by atoms with Crippen molar-refractivity contribution >= 4 is 5.91 Å². The van der Waals surface area contributed by atoms with Gasteiger partial charge in [-0.1, -0.05) is 0 Å². The van der Waals surface area contributed by atoms with Gasteiger partial charge in [0.15, 0.2) is 5.76 Å². The molecule has 0 saturated heterocycles. The molecule has 130 valence electrons. The van der Waals surface area contributed by atoms with Crippen LogP contribution in [0.4, 0.5) is 0 Å². The van der Waals surface area contributed by atoms with Crippen molar-refractivity contribution in [3.05, 3.63) is 48.6 Å². The lowest BCUT2D eigenvalue weighted by Crippen LogP contribution is -2.39. The van der Waals surface area contributed by atoms with E-state index in [-0.39, 0.29) is 24.4 Å². The number of nitrogens with zero attached hydrogens (tertiary/aromatic N) is 3. The maximum atomic E-state index is 12.5. The maximum absolute atomic E-state index is 12.5. The summed E-state index contributed by atoms with van der Waals surface area (Å²) in [5, 5.41) is 3.14. The first kappa shape index (κ1) is 15.7. The fourth-order valence-corrected chi connectivity index (χ4v) is 3.44. The predicted octanol–water partition coefficient (Wildman–Crippen LogP) is 2.89. The van der Waals surface area contributed by atoms with Crippen LogP contribution in [0.25, 0.3) is 11.7 Å². The summed E-state index contributed by atoms with van der Waals surface area (Å²) in [5.74, 6) is 1.56. The van der Waals surface area contributed by atoms with E-state index in [0.717, 1.165) is 19.3 Å². The quantitative estimate of drug-likeness (QED) is 0.772. The Morgan fingerprint density at radius 2 is 2.36 bits per heavy atom. The van der Waals surface area contributed by atoms with Gasteiger partial charge in [-0.2, -0.15) is 0 Å². The second kappa shape index (κ2) is 6.58. The van der Waals surface area contributed by atoms with Gasteiger partial charge < -0.3 is 18.7 Å². The Hall–Kier alpha value is -2.83. The van der Waals surface area contributed by atoms with Crippen LogP contribution in [0.15, 0.2) is 46.0 Å². The highest BCUT2D eigenvalue weighted by Gasteiger charge is 2.30. The van der Waals surface area contributed by atoms with Crippen LogP contribution in [0, 0.1) is 6.92 Å². The summed E-state index contributed by atoms with van der Waals surface area (Å²) in [4.78, 5) is 21.0. The van der Waals surface area contributed by atoms with Crippen LogP contribution in [0.1, 0.15) is 36.8 Å². The van der Waals surface area contributed by atoms with Gasteiger partial charge >= 0.3 is 0 Å². The number of rotatable bonds is 5. The fourth-order valence-electron chi connectivity index (χ4n) is 3.44. The number of nitrogens with one attached hydrogen (secondary N) is 1. The number of aromatic nitrogens is 3. The van der Waals surface area contributed by atoms with E-state index < -0.39 is 0 Å². The van der Waals surface area contributed by atoms with Crippen LogP contribution in [-0.2, 0) is 11.2 Å². The minimum Gasteiger partial charge on any atom is -0.459 e. The van der Waals surface area contributed by atoms with Gasteiger partial charge in [-0.05, 0) is 38.3 Å². The highest BCUT2D eigenvalue weighted by Crippen LogP contribution is 2.30. The summed E-state index contributed by atoms with van der Waals surface area (Å²) in [6, 6.07) is 3.95. The molecule has 0 unspecified atom stereocenters. The smallest absolute Gasteiger partial charge is 0.263 e. The SMILES string of the molecule is Cc1oc(-c2ccco2)nc1CC(=O)N[C@@H]1CCC[C@H]1n1ccnc1. The van der Waals surface area contributed by atoms with Gasteiger partial charge in [-0.15, -0.1) is 0 Å². The van der Waals surface area contributed by atoms with Gasteiger partial charge in [0.2, 0.25) is 5.91 Å². The van der Waals surface area contributed by atoms with Gasteiger partial charge in [0.25, 0.3) is 5.89 Å². The van der Waals surface area contributed by atoms with Crippen molar-refractivity contribution in [1.82, 2.24) is 19.9 Å². The normalized spacial score (nSPS) is 20.0. The molecule has 0 bridgehead atoms. The molecule has 0 radical (unpaired) electrons. The number of aryl methyl sites for hydroxylation is 1. The summed E-state index contributed by atoms with van der Waals surface area (Å²) in [5.41, 5.74) is 0.640. The van der Waals surface area contributed by atoms with Crippen molar-refractivity contribution in [2.24, 2.45) is 0 Å². The van der Waals surface area contributed by atoms with Gasteiger partial charge in [0.05, 0.1) is 30.7 Å². The predicted molar refractivity (Wildman–Crippen MR) is 89.7 cm³/mol. The Labute approximate surface area is 145 Å².